The van der Waals surface area contributed by atoms with Crippen LogP contribution in [0.1, 0.15) is 48.5 Å². The van der Waals surface area contributed by atoms with Crippen molar-refractivity contribution in [1.29, 1.82) is 0 Å². The minimum absolute atomic E-state index is 0.144. The van der Waals surface area contributed by atoms with E-state index in [0.29, 0.717) is 11.8 Å². The molecular formula is C19H38N2O3Si. The Morgan fingerprint density at radius 2 is 1.32 bits per heavy atom. The number of nitrogens with zero attached hydrogens (tertiary/aromatic N) is 2. The smallest absolute Gasteiger partial charge is 0.212 e. The van der Waals surface area contributed by atoms with Gasteiger partial charge in [-0.1, -0.05) is 61.6 Å². The van der Waals surface area contributed by atoms with Gasteiger partial charge in [-0.2, -0.15) is 0 Å². The number of methoxy groups -OCH3 is 2. The predicted molar refractivity (Wildman–Crippen MR) is 109 cm³/mol. The third kappa shape index (κ3) is 3.95. The molecular weight excluding hydrogens is 332 g/mol. The van der Waals surface area contributed by atoms with E-state index in [0.717, 1.165) is 0 Å². The molecule has 0 aromatic heterocycles. The van der Waals surface area contributed by atoms with Gasteiger partial charge in [0.05, 0.1) is 28.4 Å². The molecule has 146 valence electrons. The minimum atomic E-state index is -1.86. The highest BCUT2D eigenvalue weighted by atomic mass is 28.3. The van der Waals surface area contributed by atoms with Crippen LogP contribution in [0.5, 0.6) is 0 Å². The number of rotatable bonds is 4. The lowest BCUT2D eigenvalue weighted by atomic mass is 9.95. The predicted octanol–water partition coefficient (Wildman–Crippen LogP) is 4.13. The van der Waals surface area contributed by atoms with E-state index in [2.05, 4.69) is 61.6 Å². The van der Waals surface area contributed by atoms with Gasteiger partial charge in [0.2, 0.25) is 11.8 Å². The van der Waals surface area contributed by atoms with Crippen LogP contribution in [0.3, 0.4) is 0 Å². The van der Waals surface area contributed by atoms with E-state index < -0.39 is 20.2 Å². The first kappa shape index (κ1) is 22.2. The lowest BCUT2D eigenvalue weighted by molar-refractivity contribution is 0.110. The Hall–Kier alpha value is -0.883. The number of ether oxygens (including phenoxy) is 2. The van der Waals surface area contributed by atoms with Crippen molar-refractivity contribution in [3.8, 4) is 0 Å². The van der Waals surface area contributed by atoms with Crippen LogP contribution in [-0.2, 0) is 9.47 Å². The van der Waals surface area contributed by atoms with Gasteiger partial charge in [-0.25, -0.2) is 9.98 Å². The lowest BCUT2D eigenvalue weighted by Gasteiger charge is -2.52. The summed E-state index contributed by atoms with van der Waals surface area (Å²) in [6.07, 6.45) is -0.689. The number of aliphatic imine (C=N–C) groups is 2. The first-order valence-corrected chi connectivity index (χ1v) is 12.1. The molecule has 25 heavy (non-hydrogen) atoms. The number of aliphatic hydroxyl groups is 1. The maximum absolute atomic E-state index is 11.4. The van der Waals surface area contributed by atoms with Gasteiger partial charge in [-0.3, -0.25) is 0 Å². The molecule has 6 heteroatoms. The summed E-state index contributed by atoms with van der Waals surface area (Å²) in [7, 11) is 1.35. The van der Waals surface area contributed by atoms with Gasteiger partial charge in [0.1, 0.15) is 6.04 Å². The van der Waals surface area contributed by atoms with Crippen LogP contribution < -0.4 is 0 Å². The van der Waals surface area contributed by atoms with E-state index in [1.165, 1.54) is 0 Å². The normalized spacial score (nSPS) is 23.9. The molecule has 1 N–H and O–H groups in total. The Balaban J connectivity index is 3.33. The molecule has 0 aliphatic carbocycles. The Morgan fingerprint density at radius 3 is 1.68 bits per heavy atom. The Kier molecular flexibility index (Phi) is 6.55. The molecule has 0 aromatic rings. The van der Waals surface area contributed by atoms with Crippen molar-refractivity contribution in [2.24, 2.45) is 15.9 Å². The molecule has 0 fully saturated rings. The summed E-state index contributed by atoms with van der Waals surface area (Å²) in [4.78, 5) is 9.43. The molecule has 5 nitrogen and oxygen atoms in total. The summed E-state index contributed by atoms with van der Waals surface area (Å²) < 4.78 is 11.0. The molecule has 0 radical (unpaired) electrons. The quantitative estimate of drug-likeness (QED) is 0.757. The van der Waals surface area contributed by atoms with Gasteiger partial charge in [-0.15, -0.1) is 0 Å². The fraction of sp³-hybridized carbons (Fsp3) is 0.895. The molecule has 0 amide bonds. The van der Waals surface area contributed by atoms with Gasteiger partial charge < -0.3 is 14.6 Å². The summed E-state index contributed by atoms with van der Waals surface area (Å²) >= 11 is 0. The third-order valence-electron chi connectivity index (χ3n) is 6.61. The molecule has 0 spiro atoms. The molecule has 0 saturated carbocycles. The molecule has 0 bridgehead atoms. The summed E-state index contributed by atoms with van der Waals surface area (Å²) in [5.74, 6) is 1.32. The van der Waals surface area contributed by atoms with E-state index >= 15 is 0 Å². The van der Waals surface area contributed by atoms with Gasteiger partial charge >= 0.3 is 0 Å². The highest BCUT2D eigenvalue weighted by Gasteiger charge is 2.54. The average Bonchev–Trinajstić information content (AvgIpc) is 2.51. The molecule has 1 heterocycles. The van der Waals surface area contributed by atoms with Gasteiger partial charge in [0, 0.05) is 0 Å². The van der Waals surface area contributed by atoms with Crippen LogP contribution in [0.15, 0.2) is 9.98 Å². The fourth-order valence-corrected chi connectivity index (χ4v) is 6.09. The highest BCUT2D eigenvalue weighted by molar-refractivity contribution is 6.83. The molecule has 0 aromatic carbocycles. The molecule has 1 aliphatic rings. The SMILES string of the molecule is COC1=N[C@H]([C@H](O)C(C)(C)[Si](C)(C)C(C)(C)C)C(OC)=N[C@H]1C(C)C. The Morgan fingerprint density at radius 1 is 0.920 bits per heavy atom. The van der Waals surface area contributed by atoms with Crippen molar-refractivity contribution in [1.82, 2.24) is 0 Å². The van der Waals surface area contributed by atoms with Gasteiger partial charge in [0.25, 0.3) is 0 Å². The van der Waals surface area contributed by atoms with Crippen molar-refractivity contribution in [2.45, 2.75) is 89.8 Å². The first-order valence-electron chi connectivity index (χ1n) is 9.13. The summed E-state index contributed by atoms with van der Waals surface area (Å²) in [5, 5.41) is 11.2. The van der Waals surface area contributed by atoms with Crippen molar-refractivity contribution in [3.05, 3.63) is 0 Å². The second kappa shape index (κ2) is 7.39. The third-order valence-corrected chi connectivity index (χ3v) is 13.9. The van der Waals surface area contributed by atoms with Crippen LogP contribution in [-0.4, -0.2) is 57.4 Å². The highest BCUT2D eigenvalue weighted by Crippen LogP contribution is 2.54. The summed E-state index contributed by atoms with van der Waals surface area (Å²) in [5.41, 5.74) is 0. The van der Waals surface area contributed by atoms with Crippen molar-refractivity contribution in [3.63, 3.8) is 0 Å². The molecule has 1 rings (SSSR count). The Bertz CT molecular complexity index is 533. The second-order valence-corrected chi connectivity index (χ2v) is 15.6. The molecule has 0 saturated heterocycles. The molecule has 1 aliphatic heterocycles. The first-order chi connectivity index (χ1) is 11.2. The van der Waals surface area contributed by atoms with Crippen molar-refractivity contribution >= 4 is 19.9 Å². The van der Waals surface area contributed by atoms with E-state index in [1.807, 2.05) is 0 Å². The van der Waals surface area contributed by atoms with Gasteiger partial charge in [0.15, 0.2) is 6.04 Å². The zero-order chi connectivity index (χ0) is 19.8. The summed E-state index contributed by atoms with van der Waals surface area (Å²) in [6, 6.07) is -0.696. The molecule has 0 unspecified atom stereocenters. The Labute approximate surface area is 154 Å². The zero-order valence-electron chi connectivity index (χ0n) is 18.0. The van der Waals surface area contributed by atoms with Crippen LogP contribution in [0, 0.1) is 5.92 Å². The van der Waals surface area contributed by atoms with Gasteiger partial charge in [-0.05, 0) is 16.0 Å². The standard InChI is InChI=1S/C19H38N2O3Si/c1-12(2)13-16(23-8)21-14(17(20-13)24-9)15(22)19(6,7)25(10,11)18(3,4)5/h12-15,22H,1-11H3/t13-,14+,15-/m0/s1. The van der Waals surface area contributed by atoms with E-state index in [9.17, 15) is 5.11 Å². The number of hydrogen-bond donors (Lipinski definition) is 1. The van der Waals surface area contributed by atoms with E-state index in [-0.39, 0.29) is 22.0 Å². The topological polar surface area (TPSA) is 63.4 Å². The van der Waals surface area contributed by atoms with Crippen LogP contribution in [0.2, 0.25) is 23.2 Å². The van der Waals surface area contributed by atoms with Crippen molar-refractivity contribution in [2.75, 3.05) is 14.2 Å². The second-order valence-electron chi connectivity index (χ2n) is 9.52. The molecule has 3 atom stereocenters. The van der Waals surface area contributed by atoms with E-state index in [1.54, 1.807) is 14.2 Å². The monoisotopic (exact) mass is 370 g/mol. The maximum atomic E-state index is 11.4. The lowest BCUT2D eigenvalue weighted by Crippen LogP contribution is -2.57. The average molecular weight is 371 g/mol. The number of aliphatic hydroxyl groups excluding tert-OH is 1. The number of hydrogen-bond acceptors (Lipinski definition) is 5. The fourth-order valence-electron chi connectivity index (χ4n) is 3.26. The van der Waals surface area contributed by atoms with Crippen LogP contribution in [0.4, 0.5) is 0 Å². The van der Waals surface area contributed by atoms with Crippen LogP contribution in [0.25, 0.3) is 0 Å². The minimum Gasteiger partial charge on any atom is -0.483 e. The zero-order valence-corrected chi connectivity index (χ0v) is 19.0. The van der Waals surface area contributed by atoms with Crippen molar-refractivity contribution < 1.29 is 14.6 Å². The van der Waals surface area contributed by atoms with E-state index in [4.69, 9.17) is 19.5 Å². The van der Waals surface area contributed by atoms with Crippen LogP contribution >= 0.6 is 0 Å². The maximum Gasteiger partial charge on any atom is 0.212 e. The summed E-state index contributed by atoms with van der Waals surface area (Å²) in [6.45, 7) is 19.9. The largest absolute Gasteiger partial charge is 0.483 e.